The number of nitrogens with one attached hydrogen (secondary N) is 1. The second kappa shape index (κ2) is 8.10. The Kier molecular flexibility index (Phi) is 5.89. The lowest BCUT2D eigenvalue weighted by atomic mass is 10.1. The number of hydrogen-bond acceptors (Lipinski definition) is 4. The molecule has 0 radical (unpaired) electrons. The van der Waals surface area contributed by atoms with Crippen molar-refractivity contribution in [3.05, 3.63) is 65.0 Å². The van der Waals surface area contributed by atoms with Crippen molar-refractivity contribution in [1.82, 2.24) is 5.32 Å². The van der Waals surface area contributed by atoms with Gasteiger partial charge >= 0.3 is 5.97 Å². The summed E-state index contributed by atoms with van der Waals surface area (Å²) in [5, 5.41) is 2.48. The molecule has 0 unspecified atom stereocenters. The van der Waals surface area contributed by atoms with Crippen LogP contribution in [0.1, 0.15) is 21.5 Å². The van der Waals surface area contributed by atoms with Crippen LogP contribution in [0.4, 0.5) is 4.39 Å². The van der Waals surface area contributed by atoms with Gasteiger partial charge in [-0.15, -0.1) is 0 Å². The Labute approximate surface area is 139 Å². The van der Waals surface area contributed by atoms with Gasteiger partial charge in [-0.25, -0.2) is 4.39 Å². The van der Waals surface area contributed by atoms with Gasteiger partial charge in [0.2, 0.25) is 0 Å². The van der Waals surface area contributed by atoms with E-state index in [0.717, 1.165) is 5.56 Å². The van der Waals surface area contributed by atoms with Crippen molar-refractivity contribution in [3.8, 4) is 5.75 Å². The van der Waals surface area contributed by atoms with E-state index >= 15 is 0 Å². The summed E-state index contributed by atoms with van der Waals surface area (Å²) in [5.74, 6) is -1.01. The SMILES string of the molecule is COc1ccc(F)cc1COC(=O)CNC(=O)c1cccc(C)c1. The van der Waals surface area contributed by atoms with Gasteiger partial charge < -0.3 is 14.8 Å². The zero-order valence-electron chi connectivity index (χ0n) is 13.5. The first-order chi connectivity index (χ1) is 11.5. The fourth-order valence-corrected chi connectivity index (χ4v) is 2.11. The van der Waals surface area contributed by atoms with Gasteiger partial charge in [0, 0.05) is 11.1 Å². The second-order valence-electron chi connectivity index (χ2n) is 5.17. The maximum atomic E-state index is 13.2. The maximum Gasteiger partial charge on any atom is 0.325 e. The Balaban J connectivity index is 1.86. The van der Waals surface area contributed by atoms with E-state index in [9.17, 15) is 14.0 Å². The maximum absolute atomic E-state index is 13.2. The van der Waals surface area contributed by atoms with Gasteiger partial charge in [-0.05, 0) is 37.3 Å². The molecule has 2 aromatic carbocycles. The average Bonchev–Trinajstić information content (AvgIpc) is 2.58. The van der Waals surface area contributed by atoms with E-state index in [1.807, 2.05) is 13.0 Å². The minimum atomic E-state index is -0.623. The summed E-state index contributed by atoms with van der Waals surface area (Å²) in [5.41, 5.74) is 1.83. The summed E-state index contributed by atoms with van der Waals surface area (Å²) < 4.78 is 23.3. The molecule has 2 rings (SSSR count). The van der Waals surface area contributed by atoms with Crippen molar-refractivity contribution in [3.63, 3.8) is 0 Å². The van der Waals surface area contributed by atoms with Crippen LogP contribution in [0.3, 0.4) is 0 Å². The molecule has 1 N–H and O–H groups in total. The van der Waals surface area contributed by atoms with E-state index in [2.05, 4.69) is 5.32 Å². The molecule has 0 atom stereocenters. The van der Waals surface area contributed by atoms with Crippen LogP contribution in [0.2, 0.25) is 0 Å². The van der Waals surface area contributed by atoms with Crippen LogP contribution in [-0.2, 0) is 16.1 Å². The van der Waals surface area contributed by atoms with E-state index in [-0.39, 0.29) is 19.1 Å². The minimum absolute atomic E-state index is 0.139. The van der Waals surface area contributed by atoms with Gasteiger partial charge in [0.15, 0.2) is 0 Å². The number of methoxy groups -OCH3 is 1. The monoisotopic (exact) mass is 331 g/mol. The highest BCUT2D eigenvalue weighted by Crippen LogP contribution is 2.20. The Morgan fingerprint density at radius 2 is 1.96 bits per heavy atom. The molecule has 0 aliphatic rings. The van der Waals surface area contributed by atoms with Crippen molar-refractivity contribution in [2.75, 3.05) is 13.7 Å². The fourth-order valence-electron chi connectivity index (χ4n) is 2.11. The second-order valence-corrected chi connectivity index (χ2v) is 5.17. The molecule has 0 saturated heterocycles. The molecule has 0 heterocycles. The quantitative estimate of drug-likeness (QED) is 0.827. The molecule has 0 aromatic heterocycles. The van der Waals surface area contributed by atoms with E-state index in [1.165, 1.54) is 25.3 Å². The topological polar surface area (TPSA) is 64.6 Å². The molecule has 0 fully saturated rings. The number of amides is 1. The predicted molar refractivity (Wildman–Crippen MR) is 86.3 cm³/mol. The van der Waals surface area contributed by atoms with E-state index < -0.39 is 11.8 Å². The summed E-state index contributed by atoms with van der Waals surface area (Å²) in [6, 6.07) is 11.0. The number of aryl methyl sites for hydroxylation is 1. The molecule has 0 aliphatic heterocycles. The molecule has 0 bridgehead atoms. The third-order valence-corrected chi connectivity index (χ3v) is 3.30. The highest BCUT2D eigenvalue weighted by atomic mass is 19.1. The molecule has 24 heavy (non-hydrogen) atoms. The van der Waals surface area contributed by atoms with Gasteiger partial charge in [0.25, 0.3) is 5.91 Å². The van der Waals surface area contributed by atoms with Gasteiger partial charge in [0.05, 0.1) is 7.11 Å². The molecule has 5 nitrogen and oxygen atoms in total. The standard InChI is InChI=1S/C18H18FNO4/c1-12-4-3-5-13(8-12)18(22)20-10-17(21)24-11-14-9-15(19)6-7-16(14)23-2/h3-9H,10-11H2,1-2H3,(H,20,22). The lowest BCUT2D eigenvalue weighted by Crippen LogP contribution is -2.30. The van der Waals surface area contributed by atoms with Crippen LogP contribution in [0.5, 0.6) is 5.75 Å². The van der Waals surface area contributed by atoms with Gasteiger partial charge in [-0.1, -0.05) is 17.7 Å². The van der Waals surface area contributed by atoms with Crippen LogP contribution in [0, 0.1) is 12.7 Å². The third-order valence-electron chi connectivity index (χ3n) is 3.30. The number of hydrogen-bond donors (Lipinski definition) is 1. The molecule has 1 amide bonds. The number of ether oxygens (including phenoxy) is 2. The normalized spacial score (nSPS) is 10.1. The molecule has 0 aliphatic carbocycles. The van der Waals surface area contributed by atoms with E-state index in [4.69, 9.17) is 9.47 Å². The predicted octanol–water partition coefficient (Wildman–Crippen LogP) is 2.62. The van der Waals surface area contributed by atoms with E-state index in [1.54, 1.807) is 18.2 Å². The number of carbonyl (C=O) groups is 2. The highest BCUT2D eigenvalue weighted by Gasteiger charge is 2.11. The summed E-state index contributed by atoms with van der Waals surface area (Å²) in [4.78, 5) is 23.7. The summed E-state index contributed by atoms with van der Waals surface area (Å²) in [7, 11) is 1.45. The summed E-state index contributed by atoms with van der Waals surface area (Å²) in [6.45, 7) is 1.46. The number of halogens is 1. The van der Waals surface area contributed by atoms with Gasteiger partial charge in [-0.2, -0.15) is 0 Å². The first-order valence-corrected chi connectivity index (χ1v) is 7.32. The zero-order valence-corrected chi connectivity index (χ0v) is 13.5. The van der Waals surface area contributed by atoms with Crippen LogP contribution < -0.4 is 10.1 Å². The first kappa shape index (κ1) is 17.5. The molecule has 0 saturated carbocycles. The van der Waals surface area contributed by atoms with E-state index in [0.29, 0.717) is 16.9 Å². The third kappa shape index (κ3) is 4.81. The molecular weight excluding hydrogens is 313 g/mol. The highest BCUT2D eigenvalue weighted by molar-refractivity contribution is 5.96. The lowest BCUT2D eigenvalue weighted by molar-refractivity contribution is -0.143. The minimum Gasteiger partial charge on any atom is -0.496 e. The zero-order chi connectivity index (χ0) is 17.5. The van der Waals surface area contributed by atoms with Crippen LogP contribution >= 0.6 is 0 Å². The first-order valence-electron chi connectivity index (χ1n) is 7.32. The number of carbonyl (C=O) groups excluding carboxylic acids is 2. The summed E-state index contributed by atoms with van der Waals surface area (Å²) >= 11 is 0. The van der Waals surface area contributed by atoms with Gasteiger partial charge in [-0.3, -0.25) is 9.59 Å². The number of rotatable bonds is 6. The average molecular weight is 331 g/mol. The van der Waals surface area contributed by atoms with Crippen LogP contribution in [0.15, 0.2) is 42.5 Å². The van der Waals surface area contributed by atoms with Crippen molar-refractivity contribution < 1.29 is 23.5 Å². The van der Waals surface area contributed by atoms with Crippen molar-refractivity contribution in [2.45, 2.75) is 13.5 Å². The number of esters is 1. The molecule has 0 spiro atoms. The molecular formula is C18H18FNO4. The molecule has 126 valence electrons. The van der Waals surface area contributed by atoms with Crippen molar-refractivity contribution >= 4 is 11.9 Å². The Morgan fingerprint density at radius 1 is 1.17 bits per heavy atom. The largest absolute Gasteiger partial charge is 0.496 e. The van der Waals surface area contributed by atoms with Crippen LogP contribution in [0.25, 0.3) is 0 Å². The Hall–Kier alpha value is -2.89. The summed E-state index contributed by atoms with van der Waals surface area (Å²) in [6.07, 6.45) is 0. The lowest BCUT2D eigenvalue weighted by Gasteiger charge is -2.10. The smallest absolute Gasteiger partial charge is 0.325 e. The Bertz CT molecular complexity index is 746. The Morgan fingerprint density at radius 3 is 2.67 bits per heavy atom. The number of benzene rings is 2. The molecule has 6 heteroatoms. The molecule has 2 aromatic rings. The van der Waals surface area contributed by atoms with Crippen molar-refractivity contribution in [2.24, 2.45) is 0 Å². The van der Waals surface area contributed by atoms with Gasteiger partial charge in [0.1, 0.15) is 24.7 Å². The fraction of sp³-hybridized carbons (Fsp3) is 0.222. The van der Waals surface area contributed by atoms with Crippen LogP contribution in [-0.4, -0.2) is 25.5 Å². The van der Waals surface area contributed by atoms with Crippen molar-refractivity contribution in [1.29, 1.82) is 0 Å².